The monoisotopic (exact) mass is 407 g/mol. The van der Waals surface area contributed by atoms with Crippen molar-refractivity contribution < 1.29 is 4.79 Å². The maximum Gasteiger partial charge on any atom is 0.241 e. The molecule has 2 aliphatic rings. The number of hydrogen-bond donors (Lipinski definition) is 2. The van der Waals surface area contributed by atoms with E-state index in [0.717, 1.165) is 58.5 Å². The Labute approximate surface area is 179 Å². The average Bonchev–Trinajstić information content (AvgIpc) is 3.39. The molecule has 6 heteroatoms. The first kappa shape index (κ1) is 18.0. The summed E-state index contributed by atoms with van der Waals surface area (Å²) in [5.74, 6) is 0.0476. The summed E-state index contributed by atoms with van der Waals surface area (Å²) in [6.07, 6.45) is 5.04. The summed E-state index contributed by atoms with van der Waals surface area (Å²) in [5, 5.41) is 8.67. The Bertz CT molecular complexity index is 1410. The number of nitrogens with one attached hydrogen (secondary N) is 2. The van der Waals surface area contributed by atoms with E-state index in [1.807, 2.05) is 32.2 Å². The van der Waals surface area contributed by atoms with Crippen molar-refractivity contribution in [3.63, 3.8) is 0 Å². The van der Waals surface area contributed by atoms with Crippen LogP contribution in [0.1, 0.15) is 37.0 Å². The van der Waals surface area contributed by atoms with Crippen molar-refractivity contribution in [2.75, 3.05) is 4.90 Å². The Kier molecular flexibility index (Phi) is 3.52. The minimum Gasteiger partial charge on any atom is -0.353 e. The Morgan fingerprint density at radius 2 is 1.97 bits per heavy atom. The van der Waals surface area contributed by atoms with E-state index in [-0.39, 0.29) is 5.91 Å². The SMILES string of the molecule is [C-]#[N+]c1ccc(N2C(=O)C(C)(C)c3cc4[nH]c5c(c4cc32)CCCc2c[nH]nc2-5)cc1. The molecule has 2 aromatic heterocycles. The fraction of sp³-hybridized carbons (Fsp3) is 0.240. The number of aryl methyl sites for hydroxylation is 2. The van der Waals surface area contributed by atoms with Gasteiger partial charge in [-0.25, -0.2) is 4.85 Å². The van der Waals surface area contributed by atoms with Gasteiger partial charge >= 0.3 is 0 Å². The summed E-state index contributed by atoms with van der Waals surface area (Å²) < 4.78 is 0. The number of nitrogens with zero attached hydrogens (tertiary/aromatic N) is 3. The number of hydrogen-bond acceptors (Lipinski definition) is 2. The number of fused-ring (bicyclic) bond motifs is 6. The van der Waals surface area contributed by atoms with Gasteiger partial charge in [-0.2, -0.15) is 5.10 Å². The molecular weight excluding hydrogens is 386 g/mol. The first-order valence-electron chi connectivity index (χ1n) is 10.5. The van der Waals surface area contributed by atoms with Crippen LogP contribution in [0.2, 0.25) is 0 Å². The van der Waals surface area contributed by atoms with E-state index >= 15 is 0 Å². The van der Waals surface area contributed by atoms with Gasteiger partial charge in [-0.15, -0.1) is 0 Å². The standard InChI is InChI=1S/C25H21N5O/c1-25(2)19-12-20-18(17-6-4-5-14-13-27-29-22(14)23(17)28-20)11-21(19)30(24(25)31)16-9-7-15(26-3)8-10-16/h7-13,28H,4-6H2,1-2H3,(H,27,29). The number of anilines is 2. The van der Waals surface area contributed by atoms with Crippen LogP contribution in [0.5, 0.6) is 0 Å². The first-order valence-corrected chi connectivity index (χ1v) is 10.5. The molecule has 0 spiro atoms. The van der Waals surface area contributed by atoms with E-state index in [1.165, 1.54) is 11.1 Å². The summed E-state index contributed by atoms with van der Waals surface area (Å²) in [7, 11) is 0. The van der Waals surface area contributed by atoms with E-state index in [1.54, 1.807) is 17.0 Å². The van der Waals surface area contributed by atoms with Gasteiger partial charge in [0.15, 0.2) is 5.69 Å². The zero-order valence-corrected chi connectivity index (χ0v) is 17.4. The third kappa shape index (κ3) is 2.37. The number of amides is 1. The molecule has 0 atom stereocenters. The van der Waals surface area contributed by atoms with E-state index in [4.69, 9.17) is 6.57 Å². The van der Waals surface area contributed by atoms with Gasteiger partial charge in [-0.05, 0) is 74.1 Å². The Hall–Kier alpha value is -3.85. The molecule has 6 nitrogen and oxygen atoms in total. The van der Waals surface area contributed by atoms with Crippen LogP contribution in [0.3, 0.4) is 0 Å². The molecule has 6 rings (SSSR count). The highest BCUT2D eigenvalue weighted by molar-refractivity contribution is 6.14. The van der Waals surface area contributed by atoms with Crippen LogP contribution < -0.4 is 4.90 Å². The predicted octanol–water partition coefficient (Wildman–Crippen LogP) is 5.55. The van der Waals surface area contributed by atoms with Crippen molar-refractivity contribution in [1.29, 1.82) is 0 Å². The molecule has 3 heterocycles. The van der Waals surface area contributed by atoms with Crippen molar-refractivity contribution in [3.05, 3.63) is 70.7 Å². The van der Waals surface area contributed by atoms with Gasteiger partial charge in [0.2, 0.25) is 5.91 Å². The number of aromatic nitrogens is 3. The molecule has 2 N–H and O–H groups in total. The van der Waals surface area contributed by atoms with Crippen LogP contribution in [0.4, 0.5) is 17.1 Å². The van der Waals surface area contributed by atoms with E-state index < -0.39 is 5.41 Å². The minimum atomic E-state index is -0.637. The predicted molar refractivity (Wildman–Crippen MR) is 121 cm³/mol. The molecular formula is C25H21N5O. The van der Waals surface area contributed by atoms with Crippen molar-refractivity contribution >= 4 is 33.9 Å². The third-order valence-corrected chi connectivity index (χ3v) is 6.74. The highest BCUT2D eigenvalue weighted by Crippen LogP contribution is 2.48. The fourth-order valence-electron chi connectivity index (χ4n) is 5.05. The van der Waals surface area contributed by atoms with Crippen LogP contribution in [-0.2, 0) is 23.1 Å². The van der Waals surface area contributed by atoms with Crippen molar-refractivity contribution in [2.24, 2.45) is 0 Å². The Morgan fingerprint density at radius 3 is 2.74 bits per heavy atom. The molecule has 0 unspecified atom stereocenters. The third-order valence-electron chi connectivity index (χ3n) is 6.74. The molecule has 1 aliphatic carbocycles. The number of carbonyl (C=O) groups excluding carboxylic acids is 1. The average molecular weight is 407 g/mol. The van der Waals surface area contributed by atoms with Crippen LogP contribution in [0.15, 0.2) is 42.6 Å². The van der Waals surface area contributed by atoms with Crippen LogP contribution in [0, 0.1) is 6.57 Å². The largest absolute Gasteiger partial charge is 0.353 e. The molecule has 0 fully saturated rings. The maximum absolute atomic E-state index is 13.5. The van der Waals surface area contributed by atoms with Crippen molar-refractivity contribution in [1.82, 2.24) is 15.2 Å². The molecule has 0 bridgehead atoms. The van der Waals surface area contributed by atoms with Gasteiger partial charge in [0.05, 0.1) is 23.4 Å². The molecule has 1 aliphatic heterocycles. The Balaban J connectivity index is 1.59. The number of aromatic amines is 2. The van der Waals surface area contributed by atoms with Gasteiger partial charge in [0.25, 0.3) is 0 Å². The summed E-state index contributed by atoms with van der Waals surface area (Å²) >= 11 is 0. The maximum atomic E-state index is 13.5. The molecule has 0 saturated heterocycles. The second kappa shape index (κ2) is 6.08. The quantitative estimate of drug-likeness (QED) is 0.406. The second-order valence-electron chi connectivity index (χ2n) is 8.90. The molecule has 31 heavy (non-hydrogen) atoms. The van der Waals surface area contributed by atoms with Crippen LogP contribution >= 0.6 is 0 Å². The zero-order chi connectivity index (χ0) is 21.3. The van der Waals surface area contributed by atoms with Gasteiger partial charge in [-0.1, -0.05) is 12.1 Å². The Morgan fingerprint density at radius 1 is 1.16 bits per heavy atom. The van der Waals surface area contributed by atoms with E-state index in [0.29, 0.717) is 5.69 Å². The zero-order valence-electron chi connectivity index (χ0n) is 17.4. The second-order valence-corrected chi connectivity index (χ2v) is 8.90. The van der Waals surface area contributed by atoms with E-state index in [2.05, 4.69) is 32.2 Å². The lowest BCUT2D eigenvalue weighted by molar-refractivity contribution is -0.121. The fourth-order valence-corrected chi connectivity index (χ4v) is 5.05. The van der Waals surface area contributed by atoms with Crippen LogP contribution in [0.25, 0.3) is 27.1 Å². The van der Waals surface area contributed by atoms with Crippen LogP contribution in [-0.4, -0.2) is 21.1 Å². The smallest absolute Gasteiger partial charge is 0.241 e. The van der Waals surface area contributed by atoms with Crippen molar-refractivity contribution in [3.8, 4) is 11.4 Å². The summed E-state index contributed by atoms with van der Waals surface area (Å²) in [5.41, 5.74) is 8.31. The van der Waals surface area contributed by atoms with Crippen molar-refractivity contribution in [2.45, 2.75) is 38.5 Å². The highest BCUT2D eigenvalue weighted by Gasteiger charge is 2.45. The van der Waals surface area contributed by atoms with Gasteiger partial charge < -0.3 is 4.98 Å². The molecule has 4 aromatic rings. The lowest BCUT2D eigenvalue weighted by Gasteiger charge is -2.20. The lowest BCUT2D eigenvalue weighted by Crippen LogP contribution is -2.33. The van der Waals surface area contributed by atoms with Gasteiger partial charge in [0, 0.05) is 22.8 Å². The molecule has 0 radical (unpaired) electrons. The number of H-pyrrole nitrogens is 2. The van der Waals surface area contributed by atoms with Gasteiger partial charge in [0.1, 0.15) is 5.69 Å². The number of benzene rings is 2. The van der Waals surface area contributed by atoms with Gasteiger partial charge in [-0.3, -0.25) is 14.8 Å². The number of carbonyl (C=O) groups is 1. The molecule has 2 aromatic carbocycles. The first-order chi connectivity index (χ1) is 15.0. The molecule has 152 valence electrons. The summed E-state index contributed by atoms with van der Waals surface area (Å²) in [4.78, 5) is 22.3. The molecule has 1 amide bonds. The highest BCUT2D eigenvalue weighted by atomic mass is 16.2. The topological polar surface area (TPSA) is 69.1 Å². The normalized spacial score (nSPS) is 16.5. The summed E-state index contributed by atoms with van der Waals surface area (Å²) in [6.45, 7) is 11.2. The van der Waals surface area contributed by atoms with E-state index in [9.17, 15) is 4.79 Å². The minimum absolute atomic E-state index is 0.0476. The lowest BCUT2D eigenvalue weighted by atomic mass is 9.85. The molecule has 0 saturated carbocycles. The summed E-state index contributed by atoms with van der Waals surface area (Å²) in [6, 6.07) is 11.5. The number of rotatable bonds is 1.